The highest BCUT2D eigenvalue weighted by Crippen LogP contribution is 2.05. The summed E-state index contributed by atoms with van der Waals surface area (Å²) in [6.07, 6.45) is 3.24. The Bertz CT molecular complexity index is 352. The number of carbonyl (C=O) groups excluding carboxylic acids is 1. The molecular formula is C13H21N3O2. The summed E-state index contributed by atoms with van der Waals surface area (Å²) < 4.78 is 4.98. The Balaban J connectivity index is 2.15. The maximum Gasteiger partial charge on any atom is 0.221 e. The summed E-state index contributed by atoms with van der Waals surface area (Å²) in [6, 6.07) is 3.78. The van der Waals surface area contributed by atoms with Crippen molar-refractivity contribution in [2.45, 2.75) is 26.3 Å². The normalized spacial score (nSPS) is 10.1. The molecule has 0 unspecified atom stereocenters. The first-order valence-electron chi connectivity index (χ1n) is 6.22. The summed E-state index contributed by atoms with van der Waals surface area (Å²) >= 11 is 0. The quantitative estimate of drug-likeness (QED) is 0.679. The van der Waals surface area contributed by atoms with Crippen LogP contribution in [0.1, 0.15) is 25.3 Å². The molecule has 100 valence electrons. The van der Waals surface area contributed by atoms with Crippen molar-refractivity contribution in [3.05, 3.63) is 23.9 Å². The smallest absolute Gasteiger partial charge is 0.221 e. The number of hydrogen-bond donors (Lipinski definition) is 2. The molecule has 0 aliphatic rings. The van der Waals surface area contributed by atoms with Crippen LogP contribution < -0.4 is 15.4 Å². The zero-order valence-electron chi connectivity index (χ0n) is 11.0. The van der Waals surface area contributed by atoms with Crippen LogP contribution in [0.4, 0.5) is 0 Å². The van der Waals surface area contributed by atoms with Crippen LogP contribution >= 0.6 is 0 Å². The fourth-order valence-corrected chi connectivity index (χ4v) is 1.42. The van der Waals surface area contributed by atoms with Crippen LogP contribution in [0.25, 0.3) is 0 Å². The lowest BCUT2D eigenvalue weighted by Crippen LogP contribution is -2.28. The number of pyridine rings is 1. The van der Waals surface area contributed by atoms with E-state index in [4.69, 9.17) is 4.74 Å². The van der Waals surface area contributed by atoms with E-state index in [1.165, 1.54) is 0 Å². The van der Waals surface area contributed by atoms with E-state index in [0.29, 0.717) is 25.4 Å². The third-order valence-corrected chi connectivity index (χ3v) is 2.44. The summed E-state index contributed by atoms with van der Waals surface area (Å²) in [7, 11) is 1.59. The van der Waals surface area contributed by atoms with Gasteiger partial charge in [0.1, 0.15) is 0 Å². The van der Waals surface area contributed by atoms with E-state index in [1.54, 1.807) is 13.3 Å². The van der Waals surface area contributed by atoms with Crippen LogP contribution in [0, 0.1) is 0 Å². The molecule has 2 N–H and O–H groups in total. The molecule has 0 radical (unpaired) electrons. The van der Waals surface area contributed by atoms with Gasteiger partial charge in [-0.2, -0.15) is 0 Å². The topological polar surface area (TPSA) is 63.2 Å². The Hall–Kier alpha value is -1.62. The molecule has 5 nitrogen and oxygen atoms in total. The van der Waals surface area contributed by atoms with Crippen LogP contribution in [-0.2, 0) is 11.3 Å². The minimum atomic E-state index is 0.0946. The molecule has 0 aromatic carbocycles. The predicted octanol–water partition coefficient (Wildman–Crippen LogP) is 1.10. The first-order chi connectivity index (χ1) is 8.76. The first kappa shape index (κ1) is 14.4. The van der Waals surface area contributed by atoms with Crippen LogP contribution in [0.2, 0.25) is 0 Å². The summed E-state index contributed by atoms with van der Waals surface area (Å²) in [5.74, 6) is 0.704. The van der Waals surface area contributed by atoms with Crippen LogP contribution in [0.3, 0.4) is 0 Å². The first-order valence-corrected chi connectivity index (χ1v) is 6.22. The lowest BCUT2D eigenvalue weighted by molar-refractivity contribution is -0.120. The van der Waals surface area contributed by atoms with Crippen LogP contribution in [-0.4, -0.2) is 31.1 Å². The Morgan fingerprint density at radius 2 is 2.22 bits per heavy atom. The van der Waals surface area contributed by atoms with Crippen molar-refractivity contribution in [3.63, 3.8) is 0 Å². The van der Waals surface area contributed by atoms with Gasteiger partial charge in [0.2, 0.25) is 11.8 Å². The van der Waals surface area contributed by atoms with E-state index in [1.807, 2.05) is 19.1 Å². The van der Waals surface area contributed by atoms with E-state index in [-0.39, 0.29) is 5.91 Å². The molecule has 0 aliphatic heterocycles. The van der Waals surface area contributed by atoms with Gasteiger partial charge in [-0.05, 0) is 12.0 Å². The molecule has 0 atom stereocenters. The molecule has 0 saturated heterocycles. The fraction of sp³-hybridized carbons (Fsp3) is 0.538. The summed E-state index contributed by atoms with van der Waals surface area (Å²) in [5.41, 5.74) is 1.07. The maximum atomic E-state index is 11.3. The summed E-state index contributed by atoms with van der Waals surface area (Å²) in [4.78, 5) is 15.4. The van der Waals surface area contributed by atoms with Gasteiger partial charge in [0, 0.05) is 38.3 Å². The minimum Gasteiger partial charge on any atom is -0.481 e. The average Bonchev–Trinajstić information content (AvgIpc) is 2.42. The number of nitrogens with one attached hydrogen (secondary N) is 2. The second-order valence-corrected chi connectivity index (χ2v) is 3.99. The molecule has 1 aromatic rings. The SMILES string of the molecule is CCCNC(=O)CCNCc1ccc(OC)nc1. The van der Waals surface area contributed by atoms with Crippen molar-refractivity contribution in [3.8, 4) is 5.88 Å². The minimum absolute atomic E-state index is 0.0946. The standard InChI is InChI=1S/C13H21N3O2/c1-3-7-15-12(17)6-8-14-9-11-4-5-13(18-2)16-10-11/h4-5,10,14H,3,6-9H2,1-2H3,(H,15,17). The van der Waals surface area contributed by atoms with E-state index in [0.717, 1.165) is 18.5 Å². The molecule has 0 fully saturated rings. The molecule has 18 heavy (non-hydrogen) atoms. The predicted molar refractivity (Wildman–Crippen MR) is 70.4 cm³/mol. The molecule has 1 aromatic heterocycles. The lowest BCUT2D eigenvalue weighted by Gasteiger charge is -2.06. The van der Waals surface area contributed by atoms with Gasteiger partial charge in [-0.25, -0.2) is 4.98 Å². The van der Waals surface area contributed by atoms with Gasteiger partial charge in [-0.3, -0.25) is 4.79 Å². The molecule has 1 amide bonds. The van der Waals surface area contributed by atoms with E-state index in [2.05, 4.69) is 15.6 Å². The number of methoxy groups -OCH3 is 1. The molecule has 1 heterocycles. The summed E-state index contributed by atoms with van der Waals surface area (Å²) in [5, 5.41) is 6.04. The fourth-order valence-electron chi connectivity index (χ4n) is 1.42. The zero-order chi connectivity index (χ0) is 13.2. The molecule has 0 spiro atoms. The van der Waals surface area contributed by atoms with Gasteiger partial charge in [-0.15, -0.1) is 0 Å². The van der Waals surface area contributed by atoms with Crippen molar-refractivity contribution in [2.24, 2.45) is 0 Å². The third kappa shape index (κ3) is 5.63. The largest absolute Gasteiger partial charge is 0.481 e. The maximum absolute atomic E-state index is 11.3. The van der Waals surface area contributed by atoms with Crippen LogP contribution in [0.15, 0.2) is 18.3 Å². The van der Waals surface area contributed by atoms with Gasteiger partial charge < -0.3 is 15.4 Å². The number of aromatic nitrogens is 1. The number of carbonyl (C=O) groups is 1. The van der Waals surface area contributed by atoms with E-state index < -0.39 is 0 Å². The Labute approximate surface area is 108 Å². The molecule has 0 saturated carbocycles. The van der Waals surface area contributed by atoms with Crippen molar-refractivity contribution in [1.82, 2.24) is 15.6 Å². The van der Waals surface area contributed by atoms with E-state index >= 15 is 0 Å². The highest BCUT2D eigenvalue weighted by Gasteiger charge is 1.99. The Morgan fingerprint density at radius 1 is 1.39 bits per heavy atom. The van der Waals surface area contributed by atoms with Gasteiger partial charge in [-0.1, -0.05) is 13.0 Å². The highest BCUT2D eigenvalue weighted by molar-refractivity contribution is 5.75. The number of rotatable bonds is 8. The van der Waals surface area contributed by atoms with Gasteiger partial charge >= 0.3 is 0 Å². The van der Waals surface area contributed by atoms with Gasteiger partial charge in [0.25, 0.3) is 0 Å². The van der Waals surface area contributed by atoms with Gasteiger partial charge in [0.05, 0.1) is 7.11 Å². The molecule has 0 bridgehead atoms. The van der Waals surface area contributed by atoms with Crippen molar-refractivity contribution >= 4 is 5.91 Å². The number of hydrogen-bond acceptors (Lipinski definition) is 4. The average molecular weight is 251 g/mol. The monoisotopic (exact) mass is 251 g/mol. The molecular weight excluding hydrogens is 230 g/mol. The number of nitrogens with zero attached hydrogens (tertiary/aromatic N) is 1. The van der Waals surface area contributed by atoms with Crippen molar-refractivity contribution in [1.29, 1.82) is 0 Å². The number of ether oxygens (including phenoxy) is 1. The Morgan fingerprint density at radius 3 is 2.83 bits per heavy atom. The highest BCUT2D eigenvalue weighted by atomic mass is 16.5. The molecule has 0 aliphatic carbocycles. The Kier molecular flexibility index (Phi) is 6.79. The second-order valence-electron chi connectivity index (χ2n) is 3.99. The molecule has 5 heteroatoms. The van der Waals surface area contributed by atoms with Crippen molar-refractivity contribution in [2.75, 3.05) is 20.2 Å². The summed E-state index contributed by atoms with van der Waals surface area (Å²) in [6.45, 7) is 4.16. The third-order valence-electron chi connectivity index (χ3n) is 2.44. The number of amides is 1. The van der Waals surface area contributed by atoms with Crippen LogP contribution in [0.5, 0.6) is 5.88 Å². The van der Waals surface area contributed by atoms with E-state index in [9.17, 15) is 4.79 Å². The van der Waals surface area contributed by atoms with Gasteiger partial charge in [0.15, 0.2) is 0 Å². The lowest BCUT2D eigenvalue weighted by atomic mass is 10.3. The second kappa shape index (κ2) is 8.47. The zero-order valence-corrected chi connectivity index (χ0v) is 11.0. The molecule has 1 rings (SSSR count). The van der Waals surface area contributed by atoms with Crippen molar-refractivity contribution < 1.29 is 9.53 Å².